The van der Waals surface area contributed by atoms with Gasteiger partial charge in [0.05, 0.1) is 7.11 Å². The van der Waals surface area contributed by atoms with Crippen LogP contribution in [0, 0.1) is 0 Å². The summed E-state index contributed by atoms with van der Waals surface area (Å²) in [5, 5.41) is 11.7. The minimum atomic E-state index is -0.0148. The van der Waals surface area contributed by atoms with E-state index in [0.717, 1.165) is 54.5 Å². The third-order valence-corrected chi connectivity index (χ3v) is 8.81. The van der Waals surface area contributed by atoms with Gasteiger partial charge in [-0.05, 0) is 104 Å². The Morgan fingerprint density at radius 3 is 1.40 bits per heavy atom. The van der Waals surface area contributed by atoms with E-state index in [9.17, 15) is 5.11 Å². The van der Waals surface area contributed by atoms with Crippen molar-refractivity contribution in [2.24, 2.45) is 0 Å². The van der Waals surface area contributed by atoms with Crippen LogP contribution in [0.25, 0.3) is 0 Å². The third kappa shape index (κ3) is 6.27. The highest BCUT2D eigenvalue weighted by Gasteiger charge is 2.25. The average Bonchev–Trinajstić information content (AvgIpc) is 2.84. The minimum Gasteiger partial charge on any atom is -0.507 e. The van der Waals surface area contributed by atoms with Crippen LogP contribution in [0.15, 0.2) is 36.4 Å². The summed E-state index contributed by atoms with van der Waals surface area (Å²) in [7, 11) is 1.80. The van der Waals surface area contributed by atoms with E-state index in [1.165, 1.54) is 38.9 Å². The molecule has 1 aliphatic rings. The molecule has 0 heterocycles. The molecule has 40 heavy (non-hydrogen) atoms. The zero-order valence-corrected chi connectivity index (χ0v) is 27.1. The smallest absolute Gasteiger partial charge is 0.125 e. The molecule has 2 nitrogen and oxygen atoms in total. The largest absolute Gasteiger partial charge is 0.507 e. The number of ether oxygens (including phenoxy) is 1. The summed E-state index contributed by atoms with van der Waals surface area (Å²) < 4.78 is 6.16. The van der Waals surface area contributed by atoms with Crippen molar-refractivity contribution in [3.8, 4) is 11.5 Å². The summed E-state index contributed by atoms with van der Waals surface area (Å²) in [5.74, 6) is 1.41. The SMILES string of the molecule is CCc1c2cc(C(C)(C)C)cc1CCc1cc(C(C)(C)C)cc(c1OC)Cc1cc(C(C)(C)C)cc(c1O)CC2. The first-order chi connectivity index (χ1) is 18.5. The highest BCUT2D eigenvalue weighted by molar-refractivity contribution is 5.54. The van der Waals surface area contributed by atoms with E-state index >= 15 is 0 Å². The van der Waals surface area contributed by atoms with Crippen molar-refractivity contribution in [2.45, 2.75) is 124 Å². The number of methoxy groups -OCH3 is 1. The first-order valence-electron chi connectivity index (χ1n) is 15.2. The van der Waals surface area contributed by atoms with Gasteiger partial charge in [0, 0.05) is 6.42 Å². The molecular weight excluding hydrogens is 488 g/mol. The lowest BCUT2D eigenvalue weighted by Gasteiger charge is -2.27. The molecule has 0 radical (unpaired) electrons. The molecule has 0 spiro atoms. The second-order valence-electron chi connectivity index (χ2n) is 15.0. The standard InChI is InChI=1S/C38H52O2/c1-12-33-24-13-15-26-20-31(37(5,6)7)22-28(34(26)39)17-29-23-32(38(8,9)10)21-27(35(29)40-11)16-14-25(33)19-30(18-24)36(2,3)4/h18-23,39H,12-17H2,1-11H3. The molecule has 6 bridgehead atoms. The third-order valence-electron chi connectivity index (χ3n) is 8.81. The van der Waals surface area contributed by atoms with Gasteiger partial charge in [0.2, 0.25) is 0 Å². The fourth-order valence-electron chi connectivity index (χ4n) is 6.16. The Labute approximate surface area is 244 Å². The van der Waals surface area contributed by atoms with Crippen LogP contribution in [-0.4, -0.2) is 12.2 Å². The van der Waals surface area contributed by atoms with Gasteiger partial charge >= 0.3 is 0 Å². The van der Waals surface area contributed by atoms with Crippen molar-refractivity contribution in [1.29, 1.82) is 0 Å². The van der Waals surface area contributed by atoms with E-state index in [0.29, 0.717) is 12.2 Å². The van der Waals surface area contributed by atoms with Crippen LogP contribution in [-0.2, 0) is 54.8 Å². The van der Waals surface area contributed by atoms with Crippen molar-refractivity contribution in [3.05, 3.63) is 92.0 Å². The molecule has 0 fully saturated rings. The van der Waals surface area contributed by atoms with E-state index in [2.05, 4.69) is 106 Å². The molecule has 1 N–H and O–H groups in total. The number of aromatic hydroxyl groups is 1. The Balaban J connectivity index is 2.05. The molecule has 0 saturated heterocycles. The molecule has 1 aliphatic carbocycles. The number of hydrogen-bond donors (Lipinski definition) is 1. The maximum Gasteiger partial charge on any atom is 0.125 e. The Bertz CT molecular complexity index is 1390. The van der Waals surface area contributed by atoms with Crippen LogP contribution in [0.2, 0.25) is 0 Å². The van der Waals surface area contributed by atoms with Crippen molar-refractivity contribution in [2.75, 3.05) is 7.11 Å². The van der Waals surface area contributed by atoms with Crippen LogP contribution >= 0.6 is 0 Å². The highest BCUT2D eigenvalue weighted by Crippen LogP contribution is 2.39. The molecule has 216 valence electrons. The summed E-state index contributed by atoms with van der Waals surface area (Å²) in [6.45, 7) is 22.9. The van der Waals surface area contributed by atoms with E-state index in [-0.39, 0.29) is 16.2 Å². The van der Waals surface area contributed by atoms with Gasteiger partial charge in [0.1, 0.15) is 11.5 Å². The van der Waals surface area contributed by atoms with Gasteiger partial charge in [-0.3, -0.25) is 0 Å². The number of fused-ring (bicyclic) bond motifs is 6. The summed E-state index contributed by atoms with van der Waals surface area (Å²) in [5.41, 5.74) is 12.9. The maximum absolute atomic E-state index is 11.7. The lowest BCUT2D eigenvalue weighted by molar-refractivity contribution is 0.403. The Morgan fingerprint density at radius 1 is 0.575 bits per heavy atom. The van der Waals surface area contributed by atoms with E-state index < -0.39 is 0 Å². The normalized spacial score (nSPS) is 14.6. The minimum absolute atomic E-state index is 0.00950. The van der Waals surface area contributed by atoms with Crippen molar-refractivity contribution < 1.29 is 9.84 Å². The first kappa shape index (κ1) is 30.2. The monoisotopic (exact) mass is 540 g/mol. The summed E-state index contributed by atoms with van der Waals surface area (Å²) in [6, 6.07) is 14.1. The van der Waals surface area contributed by atoms with Gasteiger partial charge in [-0.2, -0.15) is 0 Å². The Morgan fingerprint density at radius 2 is 0.950 bits per heavy atom. The molecule has 3 aromatic rings. The van der Waals surface area contributed by atoms with Gasteiger partial charge in [-0.25, -0.2) is 0 Å². The van der Waals surface area contributed by atoms with Crippen LogP contribution in [0.4, 0.5) is 0 Å². The number of benzene rings is 3. The van der Waals surface area contributed by atoms with E-state index in [1.54, 1.807) is 7.11 Å². The predicted octanol–water partition coefficient (Wildman–Crippen LogP) is 9.33. The van der Waals surface area contributed by atoms with Crippen LogP contribution < -0.4 is 4.74 Å². The molecule has 0 saturated carbocycles. The van der Waals surface area contributed by atoms with Gasteiger partial charge in [0.15, 0.2) is 0 Å². The molecule has 0 unspecified atom stereocenters. The van der Waals surface area contributed by atoms with Crippen molar-refractivity contribution in [3.63, 3.8) is 0 Å². The molecule has 3 aromatic carbocycles. The van der Waals surface area contributed by atoms with Gasteiger partial charge in [0.25, 0.3) is 0 Å². The summed E-state index contributed by atoms with van der Waals surface area (Å²) >= 11 is 0. The molecule has 0 aromatic heterocycles. The second kappa shape index (κ2) is 10.9. The maximum atomic E-state index is 11.7. The zero-order chi connectivity index (χ0) is 29.6. The highest BCUT2D eigenvalue weighted by atomic mass is 16.5. The fraction of sp³-hybridized carbons (Fsp3) is 0.526. The average molecular weight is 541 g/mol. The quantitative estimate of drug-likeness (QED) is 0.351. The van der Waals surface area contributed by atoms with E-state index in [4.69, 9.17) is 4.74 Å². The molecule has 0 aliphatic heterocycles. The second-order valence-corrected chi connectivity index (χ2v) is 15.0. The zero-order valence-electron chi connectivity index (χ0n) is 27.1. The molecule has 4 rings (SSSR count). The topological polar surface area (TPSA) is 29.5 Å². The van der Waals surface area contributed by atoms with Crippen LogP contribution in [0.5, 0.6) is 11.5 Å². The Hall–Kier alpha value is -2.74. The van der Waals surface area contributed by atoms with Crippen molar-refractivity contribution in [1.82, 2.24) is 0 Å². The lowest BCUT2D eigenvalue weighted by atomic mass is 9.79. The van der Waals surface area contributed by atoms with Crippen LogP contribution in [0.1, 0.15) is 125 Å². The molecular formula is C38H52O2. The number of rotatable bonds is 2. The first-order valence-corrected chi connectivity index (χ1v) is 15.2. The predicted molar refractivity (Wildman–Crippen MR) is 171 cm³/mol. The molecule has 0 atom stereocenters. The molecule has 2 heteroatoms. The van der Waals surface area contributed by atoms with Gasteiger partial charge in [-0.1, -0.05) is 106 Å². The number of aryl methyl sites for hydroxylation is 4. The number of hydrogen-bond acceptors (Lipinski definition) is 2. The van der Waals surface area contributed by atoms with Crippen molar-refractivity contribution >= 4 is 0 Å². The Kier molecular flexibility index (Phi) is 8.25. The molecule has 0 amide bonds. The summed E-state index contributed by atoms with van der Waals surface area (Å²) in [6.07, 6.45) is 5.35. The number of phenolic OH excluding ortho intramolecular Hbond substituents is 1. The lowest BCUT2D eigenvalue weighted by Crippen LogP contribution is -2.16. The van der Waals surface area contributed by atoms with Gasteiger partial charge in [-0.15, -0.1) is 0 Å². The number of phenols is 1. The summed E-state index contributed by atoms with van der Waals surface area (Å²) in [4.78, 5) is 0. The van der Waals surface area contributed by atoms with E-state index in [1.807, 2.05) is 0 Å². The fourth-order valence-corrected chi connectivity index (χ4v) is 6.16. The van der Waals surface area contributed by atoms with Crippen LogP contribution in [0.3, 0.4) is 0 Å². The van der Waals surface area contributed by atoms with Gasteiger partial charge < -0.3 is 9.84 Å².